The Morgan fingerprint density at radius 2 is 1.81 bits per heavy atom. The molecule has 21 heavy (non-hydrogen) atoms. The molecule has 0 radical (unpaired) electrons. The SMILES string of the molecule is Fc1cc(CNC2CC2)cc(F)c1Oc1ccccc1I. The first-order chi connectivity index (χ1) is 10.1. The van der Waals surface area contributed by atoms with Crippen molar-refractivity contribution in [2.24, 2.45) is 0 Å². The van der Waals surface area contributed by atoms with Gasteiger partial charge in [0.1, 0.15) is 5.75 Å². The van der Waals surface area contributed by atoms with E-state index in [4.69, 9.17) is 4.74 Å². The number of rotatable bonds is 5. The smallest absolute Gasteiger partial charge is 0.198 e. The normalized spacial score (nSPS) is 14.2. The lowest BCUT2D eigenvalue weighted by molar-refractivity contribution is 0.404. The van der Waals surface area contributed by atoms with E-state index in [1.54, 1.807) is 12.1 Å². The summed E-state index contributed by atoms with van der Waals surface area (Å²) in [6, 6.07) is 10.3. The summed E-state index contributed by atoms with van der Waals surface area (Å²) in [7, 11) is 0. The van der Waals surface area contributed by atoms with Crippen LogP contribution in [0.3, 0.4) is 0 Å². The van der Waals surface area contributed by atoms with Crippen LogP contribution in [0.15, 0.2) is 36.4 Å². The van der Waals surface area contributed by atoms with Gasteiger partial charge in [-0.05, 0) is 65.3 Å². The van der Waals surface area contributed by atoms with Crippen LogP contribution in [-0.4, -0.2) is 6.04 Å². The highest BCUT2D eigenvalue weighted by atomic mass is 127. The van der Waals surface area contributed by atoms with Gasteiger partial charge >= 0.3 is 0 Å². The van der Waals surface area contributed by atoms with E-state index in [2.05, 4.69) is 27.9 Å². The molecule has 0 amide bonds. The molecule has 1 aliphatic carbocycles. The number of nitrogens with one attached hydrogen (secondary N) is 1. The molecule has 1 aliphatic rings. The molecule has 0 unspecified atom stereocenters. The largest absolute Gasteiger partial charge is 0.450 e. The molecule has 1 N–H and O–H groups in total. The monoisotopic (exact) mass is 401 g/mol. The molecule has 2 nitrogen and oxygen atoms in total. The maximum Gasteiger partial charge on any atom is 0.198 e. The molecule has 0 spiro atoms. The van der Waals surface area contributed by atoms with E-state index >= 15 is 0 Å². The average Bonchev–Trinajstić information content (AvgIpc) is 3.26. The number of hydrogen-bond acceptors (Lipinski definition) is 2. The van der Waals surface area contributed by atoms with E-state index in [9.17, 15) is 8.78 Å². The number of benzene rings is 2. The first kappa shape index (κ1) is 14.7. The van der Waals surface area contributed by atoms with E-state index in [0.29, 0.717) is 23.9 Å². The molecule has 1 fully saturated rings. The minimum atomic E-state index is -0.678. The highest BCUT2D eigenvalue weighted by Gasteiger charge is 2.21. The fourth-order valence-corrected chi connectivity index (χ4v) is 2.50. The molecule has 0 saturated heterocycles. The van der Waals surface area contributed by atoms with Crippen LogP contribution in [0.2, 0.25) is 0 Å². The lowest BCUT2D eigenvalue weighted by Gasteiger charge is -2.11. The Morgan fingerprint density at radius 1 is 1.14 bits per heavy atom. The van der Waals surface area contributed by atoms with E-state index < -0.39 is 11.6 Å². The van der Waals surface area contributed by atoms with Gasteiger partial charge in [0, 0.05) is 12.6 Å². The quantitative estimate of drug-likeness (QED) is 0.739. The van der Waals surface area contributed by atoms with Crippen molar-refractivity contribution in [3.05, 3.63) is 57.2 Å². The van der Waals surface area contributed by atoms with E-state index in [-0.39, 0.29) is 5.75 Å². The summed E-state index contributed by atoms with van der Waals surface area (Å²) in [6.45, 7) is 0.474. The molecule has 110 valence electrons. The van der Waals surface area contributed by atoms with Gasteiger partial charge in [0.25, 0.3) is 0 Å². The third kappa shape index (κ3) is 3.71. The Labute approximate surface area is 135 Å². The zero-order valence-electron chi connectivity index (χ0n) is 11.2. The van der Waals surface area contributed by atoms with E-state index in [1.165, 1.54) is 12.1 Å². The van der Waals surface area contributed by atoms with Crippen LogP contribution >= 0.6 is 22.6 Å². The molecule has 0 bridgehead atoms. The average molecular weight is 401 g/mol. The number of halogens is 3. The van der Waals surface area contributed by atoms with Crippen molar-refractivity contribution >= 4 is 22.6 Å². The summed E-state index contributed by atoms with van der Waals surface area (Å²) in [5.74, 6) is -1.27. The topological polar surface area (TPSA) is 21.3 Å². The summed E-state index contributed by atoms with van der Waals surface area (Å²) in [4.78, 5) is 0. The van der Waals surface area contributed by atoms with Crippen LogP contribution in [0.4, 0.5) is 8.78 Å². The Morgan fingerprint density at radius 3 is 2.43 bits per heavy atom. The van der Waals surface area contributed by atoms with Gasteiger partial charge in [0.05, 0.1) is 3.57 Å². The van der Waals surface area contributed by atoms with Gasteiger partial charge in [0.2, 0.25) is 0 Å². The third-order valence-electron chi connectivity index (χ3n) is 3.28. The highest BCUT2D eigenvalue weighted by Crippen LogP contribution is 2.31. The van der Waals surface area contributed by atoms with Gasteiger partial charge in [0.15, 0.2) is 17.4 Å². The summed E-state index contributed by atoms with van der Waals surface area (Å²) < 4.78 is 34.3. The van der Waals surface area contributed by atoms with Gasteiger partial charge < -0.3 is 10.1 Å². The maximum atomic E-state index is 14.1. The standard InChI is InChI=1S/C16H14F2INO/c17-12-7-10(9-20-11-5-6-11)8-13(18)16(12)21-15-4-2-1-3-14(15)19/h1-4,7-8,11,20H,5-6,9H2. The van der Waals surface area contributed by atoms with Gasteiger partial charge in [-0.2, -0.15) is 0 Å². The van der Waals surface area contributed by atoms with Crippen LogP contribution in [0.5, 0.6) is 11.5 Å². The molecule has 0 aliphatic heterocycles. The predicted molar refractivity (Wildman–Crippen MR) is 85.5 cm³/mol. The van der Waals surface area contributed by atoms with E-state index in [1.807, 2.05) is 12.1 Å². The van der Waals surface area contributed by atoms with Gasteiger partial charge in [-0.25, -0.2) is 8.78 Å². The lowest BCUT2D eigenvalue weighted by atomic mass is 10.2. The molecular weight excluding hydrogens is 387 g/mol. The minimum absolute atomic E-state index is 0.353. The molecule has 0 heterocycles. The zero-order valence-corrected chi connectivity index (χ0v) is 13.4. The summed E-state index contributed by atoms with van der Waals surface area (Å²) in [5.41, 5.74) is 0.590. The summed E-state index contributed by atoms with van der Waals surface area (Å²) in [6.07, 6.45) is 2.28. The van der Waals surface area contributed by atoms with Gasteiger partial charge in [-0.1, -0.05) is 12.1 Å². The van der Waals surface area contributed by atoms with Gasteiger partial charge in [-0.15, -0.1) is 0 Å². The van der Waals surface area contributed by atoms with Crippen molar-refractivity contribution in [3.63, 3.8) is 0 Å². The molecule has 1 saturated carbocycles. The van der Waals surface area contributed by atoms with Crippen LogP contribution < -0.4 is 10.1 Å². The Kier molecular flexibility index (Phi) is 4.40. The number of para-hydroxylation sites is 1. The van der Waals surface area contributed by atoms with E-state index in [0.717, 1.165) is 16.4 Å². The molecule has 5 heteroatoms. The number of hydrogen-bond donors (Lipinski definition) is 1. The fourth-order valence-electron chi connectivity index (χ4n) is 2.00. The Bertz CT molecular complexity index is 635. The van der Waals surface area contributed by atoms with Crippen LogP contribution in [0, 0.1) is 15.2 Å². The zero-order chi connectivity index (χ0) is 14.8. The Balaban J connectivity index is 1.80. The second-order valence-electron chi connectivity index (χ2n) is 5.08. The van der Waals surface area contributed by atoms with Crippen molar-refractivity contribution in [2.45, 2.75) is 25.4 Å². The van der Waals surface area contributed by atoms with Crippen molar-refractivity contribution in [2.75, 3.05) is 0 Å². The minimum Gasteiger partial charge on any atom is -0.450 e. The van der Waals surface area contributed by atoms with Crippen molar-refractivity contribution in [1.29, 1.82) is 0 Å². The third-order valence-corrected chi connectivity index (χ3v) is 4.17. The summed E-state index contributed by atoms with van der Waals surface area (Å²) in [5, 5.41) is 3.23. The highest BCUT2D eigenvalue weighted by molar-refractivity contribution is 14.1. The van der Waals surface area contributed by atoms with Gasteiger partial charge in [-0.3, -0.25) is 0 Å². The molecule has 2 aromatic rings. The first-order valence-electron chi connectivity index (χ1n) is 6.77. The molecule has 2 aromatic carbocycles. The second kappa shape index (κ2) is 6.27. The van der Waals surface area contributed by atoms with Crippen LogP contribution in [-0.2, 0) is 6.54 Å². The molecular formula is C16H14F2INO. The van der Waals surface area contributed by atoms with Crippen LogP contribution in [0.25, 0.3) is 0 Å². The first-order valence-corrected chi connectivity index (χ1v) is 7.85. The lowest BCUT2D eigenvalue weighted by Crippen LogP contribution is -2.15. The summed E-state index contributed by atoms with van der Waals surface area (Å²) >= 11 is 2.06. The predicted octanol–water partition coefficient (Wildman–Crippen LogP) is 4.61. The van der Waals surface area contributed by atoms with Crippen LogP contribution in [0.1, 0.15) is 18.4 Å². The number of ether oxygens (including phenoxy) is 1. The molecule has 0 atom stereocenters. The Hall–Kier alpha value is -1.21. The van der Waals surface area contributed by atoms with Crippen molar-refractivity contribution in [3.8, 4) is 11.5 Å². The molecule has 0 aromatic heterocycles. The second-order valence-corrected chi connectivity index (χ2v) is 6.24. The fraction of sp³-hybridized carbons (Fsp3) is 0.250. The maximum absolute atomic E-state index is 14.1. The van der Waals surface area contributed by atoms with Crippen molar-refractivity contribution < 1.29 is 13.5 Å². The molecule has 3 rings (SSSR count). The van der Waals surface area contributed by atoms with Crippen molar-refractivity contribution in [1.82, 2.24) is 5.32 Å².